The highest BCUT2D eigenvalue weighted by Gasteiger charge is 2.27. The van der Waals surface area contributed by atoms with E-state index < -0.39 is 26.5 Å². The van der Waals surface area contributed by atoms with Gasteiger partial charge >= 0.3 is 19.8 Å². The second-order valence-corrected chi connectivity index (χ2v) is 23.2. The van der Waals surface area contributed by atoms with E-state index in [4.69, 9.17) is 18.5 Å². The van der Waals surface area contributed by atoms with Crippen LogP contribution in [0.25, 0.3) is 0 Å². The number of rotatable bonds is 56. The Hall–Kier alpha value is -1.25. The lowest BCUT2D eigenvalue weighted by atomic mass is 10.0. The predicted molar refractivity (Wildman–Crippen MR) is 294 cm³/mol. The Balaban J connectivity index is 3.93. The van der Waals surface area contributed by atoms with Crippen LogP contribution in [-0.2, 0) is 32.7 Å². The molecule has 0 aromatic rings. The van der Waals surface area contributed by atoms with Crippen LogP contribution in [0.4, 0.5) is 0 Å². The lowest BCUT2D eigenvalue weighted by molar-refractivity contribution is -0.870. The normalized spacial score (nSPS) is 13.3. The second kappa shape index (κ2) is 51.6. The van der Waals surface area contributed by atoms with Gasteiger partial charge in [-0.05, 0) is 38.5 Å². The van der Waals surface area contributed by atoms with Crippen molar-refractivity contribution < 1.29 is 42.1 Å². The Labute approximate surface area is 428 Å². The summed E-state index contributed by atoms with van der Waals surface area (Å²) in [5, 5.41) is 0. The quantitative estimate of drug-likeness (QED) is 0.0211. The molecule has 0 aliphatic carbocycles. The molecule has 0 amide bonds. The van der Waals surface area contributed by atoms with Crippen LogP contribution in [0.1, 0.15) is 303 Å². The maximum absolute atomic E-state index is 12.7. The van der Waals surface area contributed by atoms with Crippen molar-refractivity contribution in [2.75, 3.05) is 47.5 Å². The Bertz CT molecular complexity index is 1180. The number of hydrogen-bond donors (Lipinski definition) is 1. The van der Waals surface area contributed by atoms with E-state index in [1.807, 2.05) is 21.1 Å². The summed E-state index contributed by atoms with van der Waals surface area (Å²) in [5.41, 5.74) is 0. The largest absolute Gasteiger partial charge is 0.472 e. The third-order valence-electron chi connectivity index (χ3n) is 13.5. The van der Waals surface area contributed by atoms with Gasteiger partial charge in [-0.3, -0.25) is 18.6 Å². The molecule has 1 N–H and O–H groups in total. The van der Waals surface area contributed by atoms with Crippen LogP contribution in [0.2, 0.25) is 0 Å². The van der Waals surface area contributed by atoms with Crippen molar-refractivity contribution in [3.63, 3.8) is 0 Å². The molecule has 410 valence electrons. The molecule has 0 saturated carbocycles. The number of ether oxygens (including phenoxy) is 2. The van der Waals surface area contributed by atoms with Gasteiger partial charge in [0.05, 0.1) is 27.7 Å². The van der Waals surface area contributed by atoms with Crippen molar-refractivity contribution in [3.05, 3.63) is 12.2 Å². The topological polar surface area (TPSA) is 108 Å². The van der Waals surface area contributed by atoms with Crippen molar-refractivity contribution in [2.45, 2.75) is 309 Å². The molecule has 0 aliphatic rings. The predicted octanol–water partition coefficient (Wildman–Crippen LogP) is 18.4. The fourth-order valence-corrected chi connectivity index (χ4v) is 9.64. The molecule has 9 nitrogen and oxygen atoms in total. The molecule has 0 fully saturated rings. The summed E-state index contributed by atoms with van der Waals surface area (Å²) < 4.78 is 34.5. The van der Waals surface area contributed by atoms with Crippen LogP contribution in [0.5, 0.6) is 0 Å². The van der Waals surface area contributed by atoms with Gasteiger partial charge in [0.25, 0.3) is 0 Å². The van der Waals surface area contributed by atoms with Crippen LogP contribution in [0.3, 0.4) is 0 Å². The van der Waals surface area contributed by atoms with Gasteiger partial charge in [-0.1, -0.05) is 264 Å². The molecule has 0 radical (unpaired) electrons. The minimum absolute atomic E-state index is 0.0335. The molecule has 2 atom stereocenters. The van der Waals surface area contributed by atoms with Crippen LogP contribution < -0.4 is 0 Å². The summed E-state index contributed by atoms with van der Waals surface area (Å²) in [6.07, 6.45) is 60.3. The van der Waals surface area contributed by atoms with E-state index in [9.17, 15) is 19.0 Å². The molecule has 0 spiro atoms. The van der Waals surface area contributed by atoms with Gasteiger partial charge in [-0.2, -0.15) is 0 Å². The minimum atomic E-state index is -4.38. The zero-order chi connectivity index (χ0) is 50.6. The Morgan fingerprint density at radius 2 is 0.739 bits per heavy atom. The van der Waals surface area contributed by atoms with Crippen molar-refractivity contribution >= 4 is 19.8 Å². The van der Waals surface area contributed by atoms with Crippen LogP contribution in [0.15, 0.2) is 12.2 Å². The lowest BCUT2D eigenvalue weighted by Crippen LogP contribution is -2.37. The van der Waals surface area contributed by atoms with Crippen molar-refractivity contribution in [2.24, 2.45) is 0 Å². The van der Waals surface area contributed by atoms with E-state index in [0.29, 0.717) is 23.9 Å². The molecular weight excluding hydrogens is 882 g/mol. The van der Waals surface area contributed by atoms with Gasteiger partial charge in [0.2, 0.25) is 0 Å². The number of esters is 2. The van der Waals surface area contributed by atoms with E-state index in [0.717, 1.165) is 51.4 Å². The van der Waals surface area contributed by atoms with Gasteiger partial charge in [0, 0.05) is 12.8 Å². The van der Waals surface area contributed by atoms with Gasteiger partial charge in [0.15, 0.2) is 6.10 Å². The summed E-state index contributed by atoms with van der Waals surface area (Å²) in [5.74, 6) is -0.792. The molecule has 0 rings (SSSR count). The number of phosphoric acid groups is 1. The highest BCUT2D eigenvalue weighted by Crippen LogP contribution is 2.43. The first kappa shape index (κ1) is 67.8. The third-order valence-corrected chi connectivity index (χ3v) is 14.5. The maximum Gasteiger partial charge on any atom is 0.472 e. The van der Waals surface area contributed by atoms with Gasteiger partial charge in [0.1, 0.15) is 19.8 Å². The van der Waals surface area contributed by atoms with E-state index in [-0.39, 0.29) is 25.6 Å². The van der Waals surface area contributed by atoms with Gasteiger partial charge in [-0.25, -0.2) is 4.57 Å². The number of unbranched alkanes of at least 4 members (excludes halogenated alkanes) is 40. The number of allylic oxidation sites excluding steroid dienone is 2. The number of carbonyl (C=O) groups is 2. The number of quaternary nitrogens is 1. The van der Waals surface area contributed by atoms with Crippen LogP contribution in [0, 0.1) is 0 Å². The molecule has 10 heteroatoms. The monoisotopic (exact) mass is 999 g/mol. The summed E-state index contributed by atoms with van der Waals surface area (Å²) in [6.45, 7) is 4.45. The average molecular weight is 1000 g/mol. The zero-order valence-corrected chi connectivity index (χ0v) is 47.5. The summed E-state index contributed by atoms with van der Waals surface area (Å²) in [7, 11) is 1.49. The SMILES string of the molecule is CCCCCC/C=C\CCCCCCCC(=O)OC(COC(=O)CCCCCCCCCCCCCCCCCCCCCCCCCCCCCCCCCC)COP(=O)(O)OCC[N+](C)(C)C. The van der Waals surface area contributed by atoms with E-state index in [1.165, 1.54) is 218 Å². The fraction of sp³-hybridized carbons (Fsp3) is 0.932. The molecule has 0 aliphatic heterocycles. The zero-order valence-electron chi connectivity index (χ0n) is 46.6. The lowest BCUT2D eigenvalue weighted by Gasteiger charge is -2.24. The molecule has 2 unspecified atom stereocenters. The molecule has 69 heavy (non-hydrogen) atoms. The fourth-order valence-electron chi connectivity index (χ4n) is 8.90. The first-order valence-electron chi connectivity index (χ1n) is 29.9. The Morgan fingerprint density at radius 1 is 0.435 bits per heavy atom. The summed E-state index contributed by atoms with van der Waals surface area (Å²) in [4.78, 5) is 35.6. The first-order valence-corrected chi connectivity index (χ1v) is 31.4. The van der Waals surface area contributed by atoms with Crippen LogP contribution >= 0.6 is 7.82 Å². The number of hydrogen-bond acceptors (Lipinski definition) is 7. The molecular formula is C59H117NO8P+. The second-order valence-electron chi connectivity index (χ2n) is 21.7. The van der Waals surface area contributed by atoms with Gasteiger partial charge < -0.3 is 18.9 Å². The summed E-state index contributed by atoms with van der Waals surface area (Å²) in [6, 6.07) is 0. The molecule has 0 heterocycles. The average Bonchev–Trinajstić information content (AvgIpc) is 3.31. The number of nitrogens with zero attached hydrogens (tertiary/aromatic N) is 1. The summed E-state index contributed by atoms with van der Waals surface area (Å²) >= 11 is 0. The highest BCUT2D eigenvalue weighted by molar-refractivity contribution is 7.47. The van der Waals surface area contributed by atoms with Crippen molar-refractivity contribution in [1.82, 2.24) is 0 Å². The molecule has 0 saturated heterocycles. The smallest absolute Gasteiger partial charge is 0.462 e. The number of phosphoric ester groups is 1. The minimum Gasteiger partial charge on any atom is -0.462 e. The van der Waals surface area contributed by atoms with Crippen molar-refractivity contribution in [1.29, 1.82) is 0 Å². The van der Waals surface area contributed by atoms with Crippen molar-refractivity contribution in [3.8, 4) is 0 Å². The first-order chi connectivity index (χ1) is 33.5. The maximum atomic E-state index is 12.7. The third kappa shape index (κ3) is 55.9. The molecule has 0 aromatic heterocycles. The van der Waals surface area contributed by atoms with E-state index >= 15 is 0 Å². The Morgan fingerprint density at radius 3 is 1.09 bits per heavy atom. The van der Waals surface area contributed by atoms with E-state index in [1.54, 1.807) is 0 Å². The van der Waals surface area contributed by atoms with E-state index in [2.05, 4.69) is 26.0 Å². The highest BCUT2D eigenvalue weighted by atomic mass is 31.2. The number of likely N-dealkylation sites (N-methyl/N-ethyl adjacent to an activating group) is 1. The molecule has 0 aromatic carbocycles. The van der Waals surface area contributed by atoms with Crippen LogP contribution in [-0.4, -0.2) is 74.9 Å². The molecule has 0 bridgehead atoms. The van der Waals surface area contributed by atoms with Gasteiger partial charge in [-0.15, -0.1) is 0 Å². The number of carbonyl (C=O) groups excluding carboxylic acids is 2. The standard InChI is InChI=1S/C59H116NO8P/c1-6-8-10-12-14-16-18-20-21-22-23-24-25-26-27-28-29-30-31-32-33-34-35-36-37-38-40-41-43-45-47-49-51-58(61)65-55-57(56-67-69(63,64)66-54-53-60(3,4)5)68-59(62)52-50-48-46-44-42-39-19-17-15-13-11-9-7-2/h17,19,57H,6-16,18,20-56H2,1-5H3/p+1/b19-17-. The Kier molecular flexibility index (Phi) is 50.7.